The normalized spacial score (nSPS) is 26.7. The number of hydrogen-bond donors (Lipinski definition) is 1. The Morgan fingerprint density at radius 3 is 2.40 bits per heavy atom. The molecule has 2 heterocycles. The lowest BCUT2D eigenvalue weighted by Crippen LogP contribution is -2.52. The number of rotatable bonds is 11. The largest absolute Gasteiger partial charge is 0.392 e. The molecular formula is C24H42O6. The SMILES string of the molecule is C=CCC(C(=O)C(C)(C)C1CCOC(C)(C)O1)C(O)C(C)CCCC1(C)OCCO1. The van der Waals surface area contributed by atoms with Gasteiger partial charge in [-0.15, -0.1) is 6.58 Å². The minimum atomic E-state index is -0.735. The van der Waals surface area contributed by atoms with Crippen LogP contribution in [0.25, 0.3) is 0 Å². The highest BCUT2D eigenvalue weighted by atomic mass is 16.7. The molecule has 4 unspecified atom stereocenters. The molecule has 2 fully saturated rings. The Morgan fingerprint density at radius 1 is 1.20 bits per heavy atom. The molecule has 30 heavy (non-hydrogen) atoms. The molecule has 6 heteroatoms. The van der Waals surface area contributed by atoms with Gasteiger partial charge in [0.25, 0.3) is 0 Å². The first-order valence-corrected chi connectivity index (χ1v) is 11.3. The maximum absolute atomic E-state index is 13.6. The molecule has 0 aromatic carbocycles. The summed E-state index contributed by atoms with van der Waals surface area (Å²) in [6, 6.07) is 0. The number of ether oxygens (including phenoxy) is 4. The number of aliphatic hydroxyl groups is 1. The molecule has 4 atom stereocenters. The van der Waals surface area contributed by atoms with Crippen molar-refractivity contribution < 1.29 is 28.8 Å². The molecule has 0 spiro atoms. The Labute approximate surface area is 182 Å². The lowest BCUT2D eigenvalue weighted by Gasteiger charge is -2.44. The summed E-state index contributed by atoms with van der Waals surface area (Å²) in [5.41, 5.74) is -0.728. The molecule has 0 aromatic heterocycles. The zero-order valence-corrected chi connectivity index (χ0v) is 19.7. The van der Waals surface area contributed by atoms with Crippen LogP contribution < -0.4 is 0 Å². The van der Waals surface area contributed by atoms with Crippen molar-refractivity contribution in [2.45, 2.75) is 97.4 Å². The second-order valence-corrected chi connectivity index (χ2v) is 10.1. The number of aliphatic hydroxyl groups excluding tert-OH is 1. The van der Waals surface area contributed by atoms with Crippen LogP contribution in [-0.2, 0) is 23.7 Å². The van der Waals surface area contributed by atoms with E-state index in [1.165, 1.54) is 0 Å². The molecule has 0 saturated carbocycles. The lowest BCUT2D eigenvalue weighted by molar-refractivity contribution is -0.289. The Morgan fingerprint density at radius 2 is 1.83 bits per heavy atom. The van der Waals surface area contributed by atoms with Gasteiger partial charge < -0.3 is 24.1 Å². The number of allylic oxidation sites excluding steroid dienone is 1. The molecule has 2 rings (SSSR count). The summed E-state index contributed by atoms with van der Waals surface area (Å²) >= 11 is 0. The number of carbonyl (C=O) groups excluding carboxylic acids is 1. The molecule has 0 radical (unpaired) electrons. The fraction of sp³-hybridized carbons (Fsp3) is 0.875. The molecule has 1 N–H and O–H groups in total. The molecule has 6 nitrogen and oxygen atoms in total. The predicted octanol–water partition coefficient (Wildman–Crippen LogP) is 4.25. The first-order valence-electron chi connectivity index (χ1n) is 11.3. The van der Waals surface area contributed by atoms with Crippen LogP contribution in [0, 0.1) is 17.3 Å². The third kappa shape index (κ3) is 6.36. The van der Waals surface area contributed by atoms with Crippen LogP contribution in [0.2, 0.25) is 0 Å². The lowest BCUT2D eigenvalue weighted by atomic mass is 9.71. The molecule has 174 valence electrons. The monoisotopic (exact) mass is 426 g/mol. The van der Waals surface area contributed by atoms with Crippen molar-refractivity contribution in [3.05, 3.63) is 12.7 Å². The third-order valence-electron chi connectivity index (χ3n) is 6.64. The van der Waals surface area contributed by atoms with E-state index in [4.69, 9.17) is 18.9 Å². The summed E-state index contributed by atoms with van der Waals surface area (Å²) in [6.07, 6.45) is 4.29. The van der Waals surface area contributed by atoms with Crippen molar-refractivity contribution in [1.29, 1.82) is 0 Å². The summed E-state index contributed by atoms with van der Waals surface area (Å²) in [4.78, 5) is 13.6. The second-order valence-electron chi connectivity index (χ2n) is 10.1. The van der Waals surface area contributed by atoms with Gasteiger partial charge in [-0.05, 0) is 52.4 Å². The average molecular weight is 427 g/mol. The van der Waals surface area contributed by atoms with Gasteiger partial charge in [0.2, 0.25) is 0 Å². The molecule has 0 aromatic rings. The highest BCUT2D eigenvalue weighted by Gasteiger charge is 2.47. The van der Waals surface area contributed by atoms with Gasteiger partial charge in [0.05, 0.1) is 37.4 Å². The van der Waals surface area contributed by atoms with Crippen LogP contribution in [0.3, 0.4) is 0 Å². The van der Waals surface area contributed by atoms with Gasteiger partial charge in [-0.3, -0.25) is 4.79 Å². The highest BCUT2D eigenvalue weighted by Crippen LogP contribution is 2.38. The fourth-order valence-corrected chi connectivity index (χ4v) is 4.59. The molecular weight excluding hydrogens is 384 g/mol. The van der Waals surface area contributed by atoms with Crippen molar-refractivity contribution in [3.8, 4) is 0 Å². The number of carbonyl (C=O) groups is 1. The Kier molecular flexibility index (Phi) is 8.68. The molecule has 2 aliphatic heterocycles. The van der Waals surface area contributed by atoms with Gasteiger partial charge >= 0.3 is 0 Å². The minimum Gasteiger partial charge on any atom is -0.392 e. The van der Waals surface area contributed by atoms with Gasteiger partial charge in [0.1, 0.15) is 5.78 Å². The summed E-state index contributed by atoms with van der Waals surface area (Å²) in [7, 11) is 0. The number of hydrogen-bond acceptors (Lipinski definition) is 6. The summed E-state index contributed by atoms with van der Waals surface area (Å²) in [5, 5.41) is 11.1. The molecule has 0 amide bonds. The van der Waals surface area contributed by atoms with E-state index in [-0.39, 0.29) is 17.8 Å². The van der Waals surface area contributed by atoms with Crippen LogP contribution >= 0.6 is 0 Å². The van der Waals surface area contributed by atoms with Gasteiger partial charge in [-0.25, -0.2) is 0 Å². The van der Waals surface area contributed by atoms with Crippen molar-refractivity contribution in [2.75, 3.05) is 19.8 Å². The van der Waals surface area contributed by atoms with Gasteiger partial charge in [-0.1, -0.05) is 26.8 Å². The summed E-state index contributed by atoms with van der Waals surface area (Å²) < 4.78 is 23.0. The van der Waals surface area contributed by atoms with E-state index >= 15 is 0 Å². The molecule has 2 aliphatic rings. The predicted molar refractivity (Wildman–Crippen MR) is 116 cm³/mol. The Balaban J connectivity index is 2.00. The Hall–Kier alpha value is -0.790. The number of ketones is 1. The van der Waals surface area contributed by atoms with Crippen molar-refractivity contribution in [1.82, 2.24) is 0 Å². The van der Waals surface area contributed by atoms with E-state index < -0.39 is 29.0 Å². The van der Waals surface area contributed by atoms with Crippen LogP contribution in [0.15, 0.2) is 12.7 Å². The Bertz CT molecular complexity index is 578. The van der Waals surface area contributed by atoms with Gasteiger partial charge in [-0.2, -0.15) is 0 Å². The smallest absolute Gasteiger partial charge is 0.165 e. The average Bonchev–Trinajstić information content (AvgIpc) is 3.10. The maximum Gasteiger partial charge on any atom is 0.165 e. The second kappa shape index (κ2) is 10.2. The highest BCUT2D eigenvalue weighted by molar-refractivity contribution is 5.87. The van der Waals surface area contributed by atoms with Gasteiger partial charge in [0.15, 0.2) is 11.6 Å². The zero-order chi connectivity index (χ0) is 22.6. The summed E-state index contributed by atoms with van der Waals surface area (Å²) in [5.74, 6) is -1.72. The molecule has 2 saturated heterocycles. The van der Waals surface area contributed by atoms with Crippen molar-refractivity contribution >= 4 is 5.78 Å². The standard InChI is InChI=1S/C24H42O6/c1-8-10-18(20(25)17(2)11-9-13-24(7)28-15-16-29-24)21(26)22(3,4)19-12-14-27-23(5,6)30-19/h8,17-20,25H,1,9-16H2,2-7H3. The quantitative estimate of drug-likeness (QED) is 0.498. The van der Waals surface area contributed by atoms with Gasteiger partial charge in [0, 0.05) is 12.3 Å². The minimum absolute atomic E-state index is 0.0215. The topological polar surface area (TPSA) is 74.2 Å². The number of Topliss-reactive ketones (excluding diaryl/α,β-unsaturated/α-hetero) is 1. The van der Waals surface area contributed by atoms with E-state index in [1.807, 2.05) is 41.5 Å². The first-order chi connectivity index (χ1) is 13.9. The summed E-state index contributed by atoms with van der Waals surface area (Å²) in [6.45, 7) is 17.2. The third-order valence-corrected chi connectivity index (χ3v) is 6.64. The molecule has 0 aliphatic carbocycles. The van der Waals surface area contributed by atoms with Crippen molar-refractivity contribution in [2.24, 2.45) is 17.3 Å². The van der Waals surface area contributed by atoms with E-state index in [2.05, 4.69) is 6.58 Å². The van der Waals surface area contributed by atoms with Crippen LogP contribution in [-0.4, -0.2) is 54.5 Å². The van der Waals surface area contributed by atoms with E-state index in [9.17, 15) is 9.90 Å². The fourth-order valence-electron chi connectivity index (χ4n) is 4.59. The van der Waals surface area contributed by atoms with E-state index in [1.54, 1.807) is 6.08 Å². The molecule has 0 bridgehead atoms. The van der Waals surface area contributed by atoms with Crippen LogP contribution in [0.1, 0.15) is 73.6 Å². The van der Waals surface area contributed by atoms with E-state index in [0.29, 0.717) is 32.7 Å². The maximum atomic E-state index is 13.6. The van der Waals surface area contributed by atoms with Crippen LogP contribution in [0.5, 0.6) is 0 Å². The zero-order valence-electron chi connectivity index (χ0n) is 19.7. The first kappa shape index (κ1) is 25.5. The van der Waals surface area contributed by atoms with E-state index in [0.717, 1.165) is 19.3 Å². The van der Waals surface area contributed by atoms with Crippen molar-refractivity contribution in [3.63, 3.8) is 0 Å². The van der Waals surface area contributed by atoms with Crippen LogP contribution in [0.4, 0.5) is 0 Å².